The summed E-state index contributed by atoms with van der Waals surface area (Å²) < 4.78 is 0. The van der Waals surface area contributed by atoms with Gasteiger partial charge in [0, 0.05) is 11.4 Å². The number of anilines is 1. The van der Waals surface area contributed by atoms with E-state index in [2.05, 4.69) is 5.32 Å². The molecular weight excluding hydrogens is 361 g/mol. The minimum Gasteiger partial charge on any atom is -0.478 e. The van der Waals surface area contributed by atoms with Crippen LogP contribution < -0.4 is 5.32 Å². The lowest BCUT2D eigenvalue weighted by atomic mass is 10.1. The number of rotatable bonds is 5. The molecular formula is C16H12Cl3NO3. The number of nitrogens with one attached hydrogen (secondary N) is 1. The topological polar surface area (TPSA) is 66.4 Å². The number of halogens is 3. The van der Waals surface area contributed by atoms with Gasteiger partial charge in [-0.3, -0.25) is 4.79 Å². The van der Waals surface area contributed by atoms with Gasteiger partial charge >= 0.3 is 5.97 Å². The summed E-state index contributed by atoms with van der Waals surface area (Å²) >= 11 is 17.6. The van der Waals surface area contributed by atoms with E-state index < -0.39 is 5.97 Å². The summed E-state index contributed by atoms with van der Waals surface area (Å²) in [5.41, 5.74) is 1.01. The van der Waals surface area contributed by atoms with Crippen molar-refractivity contribution in [2.75, 3.05) is 5.32 Å². The highest BCUT2D eigenvalue weighted by Gasteiger charge is 2.13. The number of amides is 1. The number of benzene rings is 2. The van der Waals surface area contributed by atoms with Crippen LogP contribution in [0.4, 0.5) is 5.69 Å². The monoisotopic (exact) mass is 371 g/mol. The summed E-state index contributed by atoms with van der Waals surface area (Å²) in [5, 5.41) is 12.9. The molecule has 0 aromatic heterocycles. The molecule has 2 aromatic carbocycles. The van der Waals surface area contributed by atoms with Crippen molar-refractivity contribution in [3.8, 4) is 0 Å². The average Bonchev–Trinajstić information content (AvgIpc) is 2.48. The number of aromatic carboxylic acids is 1. The minimum atomic E-state index is -1.14. The highest BCUT2D eigenvalue weighted by atomic mass is 35.5. The third-order valence-corrected chi connectivity index (χ3v) is 4.08. The van der Waals surface area contributed by atoms with E-state index in [4.69, 9.17) is 39.9 Å². The molecule has 2 rings (SSSR count). The van der Waals surface area contributed by atoms with E-state index in [-0.39, 0.29) is 23.6 Å². The van der Waals surface area contributed by atoms with Crippen molar-refractivity contribution in [1.29, 1.82) is 0 Å². The largest absolute Gasteiger partial charge is 0.478 e. The summed E-state index contributed by atoms with van der Waals surface area (Å²) in [5.74, 6) is -1.46. The molecule has 1 amide bonds. The first-order valence-electron chi connectivity index (χ1n) is 6.63. The Morgan fingerprint density at radius 2 is 1.74 bits per heavy atom. The van der Waals surface area contributed by atoms with Gasteiger partial charge < -0.3 is 10.4 Å². The first-order chi connectivity index (χ1) is 10.9. The minimum absolute atomic E-state index is 0.0164. The van der Waals surface area contributed by atoms with Gasteiger partial charge in [-0.2, -0.15) is 0 Å². The van der Waals surface area contributed by atoms with E-state index in [0.717, 1.165) is 5.56 Å². The van der Waals surface area contributed by atoms with Crippen LogP contribution in [0.15, 0.2) is 36.4 Å². The third kappa shape index (κ3) is 4.86. The molecule has 0 aliphatic heterocycles. The molecule has 0 bridgehead atoms. The number of carboxylic acid groups (broad SMARTS) is 1. The number of hydrogen-bond donors (Lipinski definition) is 2. The Morgan fingerprint density at radius 1 is 1.00 bits per heavy atom. The molecule has 0 saturated carbocycles. The molecule has 7 heteroatoms. The van der Waals surface area contributed by atoms with Crippen LogP contribution >= 0.6 is 34.8 Å². The van der Waals surface area contributed by atoms with E-state index in [1.54, 1.807) is 18.2 Å². The third-order valence-electron chi connectivity index (χ3n) is 3.11. The van der Waals surface area contributed by atoms with Gasteiger partial charge in [0.25, 0.3) is 0 Å². The summed E-state index contributed by atoms with van der Waals surface area (Å²) in [6.07, 6.45) is 0.620. The molecule has 0 atom stereocenters. The van der Waals surface area contributed by atoms with Crippen LogP contribution in [0.1, 0.15) is 22.3 Å². The molecule has 120 valence electrons. The van der Waals surface area contributed by atoms with Gasteiger partial charge in [-0.25, -0.2) is 4.79 Å². The van der Waals surface area contributed by atoms with E-state index in [1.165, 1.54) is 18.2 Å². The second kappa shape index (κ2) is 7.68. The SMILES string of the molecule is O=C(CCc1ccc(Cl)c(Cl)c1)Nc1cc(Cl)ccc1C(=O)O. The number of carboxylic acids is 1. The van der Waals surface area contributed by atoms with Crippen LogP contribution in [0, 0.1) is 0 Å². The molecule has 0 aliphatic carbocycles. The zero-order valence-electron chi connectivity index (χ0n) is 11.8. The Bertz CT molecular complexity index is 762. The molecule has 0 saturated heterocycles. The maximum absolute atomic E-state index is 12.0. The Kier molecular flexibility index (Phi) is 5.88. The maximum atomic E-state index is 12.0. The molecule has 4 nitrogen and oxygen atoms in total. The number of aryl methyl sites for hydroxylation is 1. The standard InChI is InChI=1S/C16H12Cl3NO3/c17-10-3-4-11(16(22)23)14(8-10)20-15(21)6-2-9-1-5-12(18)13(19)7-9/h1,3-5,7-8H,2,6H2,(H,20,21)(H,22,23). The van der Waals surface area contributed by atoms with Gasteiger partial charge in [0.1, 0.15) is 0 Å². The zero-order valence-corrected chi connectivity index (χ0v) is 14.0. The first kappa shape index (κ1) is 17.6. The van der Waals surface area contributed by atoms with Crippen molar-refractivity contribution in [3.63, 3.8) is 0 Å². The Morgan fingerprint density at radius 3 is 2.39 bits per heavy atom. The molecule has 0 spiro atoms. The van der Waals surface area contributed by atoms with Gasteiger partial charge in [-0.05, 0) is 42.3 Å². The normalized spacial score (nSPS) is 10.4. The second-order valence-corrected chi connectivity index (χ2v) is 6.04. The van der Waals surface area contributed by atoms with E-state index in [0.29, 0.717) is 21.5 Å². The summed E-state index contributed by atoms with van der Waals surface area (Å²) in [4.78, 5) is 23.2. The Labute approximate surface area is 148 Å². The zero-order chi connectivity index (χ0) is 17.0. The lowest BCUT2D eigenvalue weighted by Gasteiger charge is -2.09. The number of carbonyl (C=O) groups excluding carboxylic acids is 1. The van der Waals surface area contributed by atoms with Gasteiger partial charge in [-0.15, -0.1) is 0 Å². The number of carbonyl (C=O) groups is 2. The van der Waals surface area contributed by atoms with Crippen molar-refractivity contribution in [2.24, 2.45) is 0 Å². The van der Waals surface area contributed by atoms with E-state index in [1.807, 2.05) is 0 Å². The van der Waals surface area contributed by atoms with E-state index in [9.17, 15) is 9.59 Å². The lowest BCUT2D eigenvalue weighted by Crippen LogP contribution is -2.15. The fraction of sp³-hybridized carbons (Fsp3) is 0.125. The number of hydrogen-bond acceptors (Lipinski definition) is 2. The molecule has 0 heterocycles. The molecule has 0 aliphatic rings. The Balaban J connectivity index is 2.03. The highest BCUT2D eigenvalue weighted by molar-refractivity contribution is 6.42. The fourth-order valence-electron chi connectivity index (χ4n) is 1.97. The molecule has 0 radical (unpaired) electrons. The smallest absolute Gasteiger partial charge is 0.337 e. The molecule has 2 aromatic rings. The molecule has 0 unspecified atom stereocenters. The van der Waals surface area contributed by atoms with Crippen LogP contribution in [0.2, 0.25) is 15.1 Å². The van der Waals surface area contributed by atoms with Gasteiger partial charge in [0.05, 0.1) is 21.3 Å². The summed E-state index contributed by atoms with van der Waals surface area (Å²) in [6, 6.07) is 9.34. The second-order valence-electron chi connectivity index (χ2n) is 4.79. The maximum Gasteiger partial charge on any atom is 0.337 e. The first-order valence-corrected chi connectivity index (χ1v) is 7.77. The van der Waals surface area contributed by atoms with Crippen LogP contribution in [-0.4, -0.2) is 17.0 Å². The highest BCUT2D eigenvalue weighted by Crippen LogP contribution is 2.24. The summed E-state index contributed by atoms with van der Waals surface area (Å²) in [6.45, 7) is 0. The van der Waals surface area contributed by atoms with Crippen molar-refractivity contribution in [3.05, 3.63) is 62.6 Å². The van der Waals surface area contributed by atoms with Crippen molar-refractivity contribution < 1.29 is 14.7 Å². The Hall–Kier alpha value is -1.75. The van der Waals surface area contributed by atoms with Crippen molar-refractivity contribution in [1.82, 2.24) is 0 Å². The van der Waals surface area contributed by atoms with Crippen molar-refractivity contribution >= 4 is 52.4 Å². The predicted molar refractivity (Wildman–Crippen MR) is 91.8 cm³/mol. The quantitative estimate of drug-likeness (QED) is 0.783. The van der Waals surface area contributed by atoms with Crippen LogP contribution in [0.5, 0.6) is 0 Å². The van der Waals surface area contributed by atoms with Crippen LogP contribution in [0.3, 0.4) is 0 Å². The average molecular weight is 373 g/mol. The van der Waals surface area contributed by atoms with Gasteiger partial charge in [0.2, 0.25) is 5.91 Å². The van der Waals surface area contributed by atoms with Gasteiger partial charge in [0.15, 0.2) is 0 Å². The van der Waals surface area contributed by atoms with Crippen LogP contribution in [0.25, 0.3) is 0 Å². The molecule has 2 N–H and O–H groups in total. The molecule has 23 heavy (non-hydrogen) atoms. The summed E-state index contributed by atoms with van der Waals surface area (Å²) in [7, 11) is 0. The fourth-order valence-corrected chi connectivity index (χ4v) is 2.46. The van der Waals surface area contributed by atoms with E-state index >= 15 is 0 Å². The van der Waals surface area contributed by atoms with Gasteiger partial charge in [-0.1, -0.05) is 40.9 Å². The van der Waals surface area contributed by atoms with Crippen LogP contribution in [-0.2, 0) is 11.2 Å². The predicted octanol–water partition coefficient (Wildman–Crippen LogP) is 4.92. The lowest BCUT2D eigenvalue weighted by molar-refractivity contribution is -0.116. The van der Waals surface area contributed by atoms with Crippen molar-refractivity contribution in [2.45, 2.75) is 12.8 Å². The molecule has 0 fully saturated rings.